The van der Waals surface area contributed by atoms with Crippen LogP contribution in [0.15, 0.2) is 60.0 Å². The normalized spacial score (nSPS) is 12.4. The maximum absolute atomic E-state index is 13.2. The number of fused-ring (bicyclic) bond motifs is 1. The molecule has 150 valence electrons. The minimum absolute atomic E-state index is 0.0749. The summed E-state index contributed by atoms with van der Waals surface area (Å²) in [5, 5.41) is 2.03. The fraction of sp³-hybridized carbons (Fsp3) is 0.261. The lowest BCUT2D eigenvalue weighted by molar-refractivity contribution is -0.118. The Labute approximate surface area is 174 Å². The molecule has 0 bridgehead atoms. The average Bonchev–Trinajstić information content (AvgIpc) is 3.29. The van der Waals surface area contributed by atoms with Gasteiger partial charge >= 0.3 is 0 Å². The van der Waals surface area contributed by atoms with Gasteiger partial charge in [0.25, 0.3) is 0 Å². The van der Waals surface area contributed by atoms with Gasteiger partial charge in [-0.3, -0.25) is 4.79 Å². The van der Waals surface area contributed by atoms with Crippen molar-refractivity contribution in [2.45, 2.75) is 19.4 Å². The molecule has 0 atom stereocenters. The molecule has 1 aliphatic rings. The topological polar surface area (TPSA) is 48.0 Å². The molecule has 0 saturated carbocycles. The molecule has 3 aromatic rings. The van der Waals surface area contributed by atoms with E-state index >= 15 is 0 Å². The van der Waals surface area contributed by atoms with E-state index in [2.05, 4.69) is 0 Å². The quantitative estimate of drug-likeness (QED) is 0.568. The van der Waals surface area contributed by atoms with Gasteiger partial charge in [0.1, 0.15) is 19.0 Å². The highest BCUT2D eigenvalue weighted by atomic mass is 32.1. The van der Waals surface area contributed by atoms with E-state index in [9.17, 15) is 4.79 Å². The number of nitrogens with zero attached hydrogens (tertiary/aromatic N) is 1. The van der Waals surface area contributed by atoms with E-state index in [0.29, 0.717) is 38.3 Å². The molecule has 2 aromatic carbocycles. The zero-order chi connectivity index (χ0) is 20.1. The van der Waals surface area contributed by atoms with Gasteiger partial charge in [-0.25, -0.2) is 0 Å². The monoisotopic (exact) mass is 409 g/mol. The number of amides is 1. The Morgan fingerprint density at radius 2 is 1.86 bits per heavy atom. The van der Waals surface area contributed by atoms with Crippen molar-refractivity contribution in [3.05, 3.63) is 70.4 Å². The van der Waals surface area contributed by atoms with E-state index in [1.165, 1.54) is 0 Å². The van der Waals surface area contributed by atoms with E-state index in [1.807, 2.05) is 64.9 Å². The molecule has 0 aliphatic carbocycles. The second kappa shape index (κ2) is 9.01. The van der Waals surface area contributed by atoms with Crippen LogP contribution < -0.4 is 19.1 Å². The van der Waals surface area contributed by atoms with Crippen molar-refractivity contribution in [1.82, 2.24) is 0 Å². The second-order valence-electron chi connectivity index (χ2n) is 6.74. The van der Waals surface area contributed by atoms with E-state index in [-0.39, 0.29) is 5.91 Å². The summed E-state index contributed by atoms with van der Waals surface area (Å²) in [5.41, 5.74) is 1.93. The van der Waals surface area contributed by atoms with E-state index in [0.717, 1.165) is 27.6 Å². The summed E-state index contributed by atoms with van der Waals surface area (Å²) in [6, 6.07) is 17.6. The number of carbonyl (C=O) groups excluding carboxylic acids is 1. The Morgan fingerprint density at radius 1 is 1.07 bits per heavy atom. The van der Waals surface area contributed by atoms with Crippen molar-refractivity contribution in [3.8, 4) is 17.2 Å². The van der Waals surface area contributed by atoms with Crippen molar-refractivity contribution in [2.75, 3.05) is 25.2 Å². The van der Waals surface area contributed by atoms with Crippen LogP contribution in [0.25, 0.3) is 0 Å². The maximum atomic E-state index is 13.2. The number of benzene rings is 2. The summed E-state index contributed by atoms with van der Waals surface area (Å²) >= 11 is 1.65. The minimum Gasteiger partial charge on any atom is -0.497 e. The van der Waals surface area contributed by atoms with E-state index in [1.54, 1.807) is 18.4 Å². The van der Waals surface area contributed by atoms with Crippen molar-refractivity contribution < 1.29 is 19.0 Å². The number of rotatable bonds is 7. The van der Waals surface area contributed by atoms with Crippen LogP contribution in [0.2, 0.25) is 0 Å². The highest BCUT2D eigenvalue weighted by molar-refractivity contribution is 7.09. The van der Waals surface area contributed by atoms with Crippen LogP contribution in [-0.2, 0) is 17.8 Å². The molecule has 0 radical (unpaired) electrons. The molecule has 0 N–H and O–H groups in total. The smallest absolute Gasteiger partial charge is 0.227 e. The van der Waals surface area contributed by atoms with Gasteiger partial charge in [-0.1, -0.05) is 18.2 Å². The van der Waals surface area contributed by atoms with Crippen LogP contribution in [0.1, 0.15) is 16.9 Å². The highest BCUT2D eigenvalue weighted by Crippen LogP contribution is 2.35. The van der Waals surface area contributed by atoms with Crippen LogP contribution in [-0.4, -0.2) is 26.2 Å². The molecule has 0 fully saturated rings. The number of carbonyl (C=O) groups is 1. The van der Waals surface area contributed by atoms with Crippen molar-refractivity contribution >= 4 is 22.9 Å². The summed E-state index contributed by atoms with van der Waals surface area (Å²) in [6.45, 7) is 1.61. The maximum Gasteiger partial charge on any atom is 0.227 e. The molecule has 0 unspecified atom stereocenters. The zero-order valence-electron chi connectivity index (χ0n) is 16.3. The Bertz CT molecular complexity index is 954. The van der Waals surface area contributed by atoms with Gasteiger partial charge in [0.2, 0.25) is 5.91 Å². The van der Waals surface area contributed by atoms with Gasteiger partial charge in [0.15, 0.2) is 11.5 Å². The SMILES string of the molecule is COc1ccc(CCC(=O)N(Cc2cccs2)c2ccc3c(c2)OCCO3)cc1. The first-order valence-electron chi connectivity index (χ1n) is 9.58. The molecule has 6 heteroatoms. The third kappa shape index (κ3) is 4.71. The third-order valence-electron chi connectivity index (χ3n) is 4.82. The molecule has 1 aromatic heterocycles. The lowest BCUT2D eigenvalue weighted by Crippen LogP contribution is -2.30. The van der Waals surface area contributed by atoms with Crippen LogP contribution in [0.3, 0.4) is 0 Å². The summed E-state index contributed by atoms with van der Waals surface area (Å²) in [5.74, 6) is 2.30. The summed E-state index contributed by atoms with van der Waals surface area (Å²) in [7, 11) is 1.65. The molecule has 1 amide bonds. The Morgan fingerprint density at radius 3 is 2.59 bits per heavy atom. The minimum atomic E-state index is 0.0749. The molecular formula is C23H23NO4S. The lowest BCUT2D eigenvalue weighted by Gasteiger charge is -2.25. The fourth-order valence-electron chi connectivity index (χ4n) is 3.26. The number of thiophene rings is 1. The Balaban J connectivity index is 1.52. The largest absolute Gasteiger partial charge is 0.497 e. The number of methoxy groups -OCH3 is 1. The first-order valence-corrected chi connectivity index (χ1v) is 10.5. The molecular weight excluding hydrogens is 386 g/mol. The zero-order valence-corrected chi connectivity index (χ0v) is 17.1. The Hall–Kier alpha value is -2.99. The van der Waals surface area contributed by atoms with Crippen LogP contribution in [0.4, 0.5) is 5.69 Å². The van der Waals surface area contributed by atoms with Gasteiger partial charge in [0, 0.05) is 23.1 Å². The summed E-state index contributed by atoms with van der Waals surface area (Å²) < 4.78 is 16.5. The molecule has 1 aliphatic heterocycles. The third-order valence-corrected chi connectivity index (χ3v) is 5.68. The summed E-state index contributed by atoms with van der Waals surface area (Å²) in [4.78, 5) is 16.1. The van der Waals surface area contributed by atoms with Gasteiger partial charge in [-0.05, 0) is 47.7 Å². The molecule has 5 nitrogen and oxygen atoms in total. The number of aryl methyl sites for hydroxylation is 1. The standard InChI is InChI=1S/C23H23NO4S/c1-26-19-8-4-17(5-9-19)6-11-23(25)24(16-20-3-2-14-29-20)18-7-10-21-22(15-18)28-13-12-27-21/h2-5,7-10,14-15H,6,11-13,16H2,1H3. The van der Waals surface area contributed by atoms with Gasteiger partial charge in [-0.15, -0.1) is 11.3 Å². The fourth-order valence-corrected chi connectivity index (χ4v) is 3.95. The predicted octanol–water partition coefficient (Wildman–Crippen LogP) is 4.69. The van der Waals surface area contributed by atoms with Crippen LogP contribution in [0.5, 0.6) is 17.2 Å². The molecule has 2 heterocycles. The molecule has 29 heavy (non-hydrogen) atoms. The number of hydrogen-bond donors (Lipinski definition) is 0. The van der Waals surface area contributed by atoms with Crippen LogP contribution >= 0.6 is 11.3 Å². The summed E-state index contributed by atoms with van der Waals surface area (Å²) in [6.07, 6.45) is 1.10. The number of anilines is 1. The van der Waals surface area contributed by atoms with E-state index in [4.69, 9.17) is 14.2 Å². The highest BCUT2D eigenvalue weighted by Gasteiger charge is 2.20. The first-order chi connectivity index (χ1) is 14.2. The first kappa shape index (κ1) is 19.3. The molecule has 0 spiro atoms. The van der Waals surface area contributed by atoms with Crippen molar-refractivity contribution in [2.24, 2.45) is 0 Å². The predicted molar refractivity (Wildman–Crippen MR) is 114 cm³/mol. The Kier molecular flexibility index (Phi) is 6.00. The molecule has 0 saturated heterocycles. The number of hydrogen-bond acceptors (Lipinski definition) is 5. The van der Waals surface area contributed by atoms with Crippen molar-refractivity contribution in [1.29, 1.82) is 0 Å². The second-order valence-corrected chi connectivity index (χ2v) is 7.77. The average molecular weight is 410 g/mol. The van der Waals surface area contributed by atoms with Gasteiger partial charge < -0.3 is 19.1 Å². The van der Waals surface area contributed by atoms with Crippen molar-refractivity contribution in [3.63, 3.8) is 0 Å². The lowest BCUT2D eigenvalue weighted by atomic mass is 10.1. The van der Waals surface area contributed by atoms with Crippen LogP contribution in [0, 0.1) is 0 Å². The van der Waals surface area contributed by atoms with Gasteiger partial charge in [0.05, 0.1) is 13.7 Å². The van der Waals surface area contributed by atoms with E-state index < -0.39 is 0 Å². The number of ether oxygens (including phenoxy) is 3. The van der Waals surface area contributed by atoms with Gasteiger partial charge in [-0.2, -0.15) is 0 Å². The molecule has 4 rings (SSSR count).